The topological polar surface area (TPSA) is 93.3 Å². The lowest BCUT2D eigenvalue weighted by molar-refractivity contribution is -0.120. The Balaban J connectivity index is 1.52. The highest BCUT2D eigenvalue weighted by molar-refractivity contribution is 7.99. The van der Waals surface area contributed by atoms with Crippen molar-refractivity contribution in [1.29, 1.82) is 0 Å². The fourth-order valence-corrected chi connectivity index (χ4v) is 5.01. The van der Waals surface area contributed by atoms with Crippen LogP contribution in [-0.4, -0.2) is 41.4 Å². The summed E-state index contributed by atoms with van der Waals surface area (Å²) in [5.41, 5.74) is 1.51. The molecule has 0 spiro atoms. The van der Waals surface area contributed by atoms with E-state index in [1.54, 1.807) is 19.1 Å². The molecule has 0 saturated carbocycles. The number of carbonyl (C=O) groups is 1. The lowest BCUT2D eigenvalue weighted by Crippen LogP contribution is -2.32. The van der Waals surface area contributed by atoms with E-state index in [-0.39, 0.29) is 28.2 Å². The predicted octanol–water partition coefficient (Wildman–Crippen LogP) is 4.19. The van der Waals surface area contributed by atoms with E-state index in [0.717, 1.165) is 16.0 Å². The number of thiophene rings is 1. The van der Waals surface area contributed by atoms with E-state index in [0.29, 0.717) is 34.8 Å². The van der Waals surface area contributed by atoms with Crippen LogP contribution in [0.4, 0.5) is 8.78 Å². The Morgan fingerprint density at radius 1 is 1.30 bits per heavy atom. The number of thioether (sulfide) groups is 1. The summed E-state index contributed by atoms with van der Waals surface area (Å²) < 4.78 is 34.6. The van der Waals surface area contributed by atoms with Crippen LogP contribution in [0.3, 0.4) is 0 Å². The van der Waals surface area contributed by atoms with Crippen molar-refractivity contribution in [3.8, 4) is 11.5 Å². The number of halogens is 2. The van der Waals surface area contributed by atoms with Crippen molar-refractivity contribution in [2.45, 2.75) is 44.8 Å². The van der Waals surface area contributed by atoms with Gasteiger partial charge in [-0.25, -0.2) is 4.98 Å². The van der Waals surface area contributed by atoms with Gasteiger partial charge in [0, 0.05) is 11.4 Å². The first-order valence-corrected chi connectivity index (χ1v) is 12.1. The van der Waals surface area contributed by atoms with Gasteiger partial charge in [0.2, 0.25) is 5.91 Å². The zero-order valence-corrected chi connectivity index (χ0v) is 20.3. The van der Waals surface area contributed by atoms with Crippen LogP contribution in [-0.2, 0) is 17.0 Å². The summed E-state index contributed by atoms with van der Waals surface area (Å²) in [6.07, 6.45) is 0.440. The Morgan fingerprint density at radius 2 is 2.06 bits per heavy atom. The second kappa shape index (κ2) is 11.0. The summed E-state index contributed by atoms with van der Waals surface area (Å²) in [4.78, 5) is 33.9. The van der Waals surface area contributed by atoms with E-state index in [4.69, 9.17) is 4.74 Å². The van der Waals surface area contributed by atoms with Crippen molar-refractivity contribution >= 4 is 39.2 Å². The van der Waals surface area contributed by atoms with Crippen LogP contribution < -0.4 is 20.3 Å². The molecule has 1 aromatic carbocycles. The molecule has 33 heavy (non-hydrogen) atoms. The van der Waals surface area contributed by atoms with Gasteiger partial charge in [0.15, 0.2) is 11.5 Å². The minimum atomic E-state index is -2.95. The number of nitrogens with zero attached hydrogens (tertiary/aromatic N) is 1. The van der Waals surface area contributed by atoms with Crippen molar-refractivity contribution in [1.82, 2.24) is 15.3 Å². The van der Waals surface area contributed by atoms with E-state index in [1.165, 1.54) is 36.3 Å². The Kier molecular flexibility index (Phi) is 8.30. The van der Waals surface area contributed by atoms with Crippen LogP contribution in [0.15, 0.2) is 23.0 Å². The van der Waals surface area contributed by atoms with Crippen molar-refractivity contribution in [2.75, 3.05) is 13.7 Å². The number of nitrogens with one attached hydrogen (secondary N) is 2. The number of methoxy groups -OCH3 is 1. The zero-order valence-electron chi connectivity index (χ0n) is 18.7. The lowest BCUT2D eigenvalue weighted by Gasteiger charge is -2.13. The number of rotatable bonds is 10. The highest BCUT2D eigenvalue weighted by Gasteiger charge is 2.16. The van der Waals surface area contributed by atoms with E-state index in [1.807, 2.05) is 13.8 Å². The van der Waals surface area contributed by atoms with Gasteiger partial charge < -0.3 is 19.8 Å². The van der Waals surface area contributed by atoms with E-state index < -0.39 is 6.61 Å². The monoisotopic (exact) mass is 497 g/mol. The quantitative estimate of drug-likeness (QED) is 0.436. The first-order chi connectivity index (χ1) is 15.7. The molecule has 0 aliphatic heterocycles. The molecule has 0 radical (unpaired) electrons. The second-order valence-electron chi connectivity index (χ2n) is 7.33. The van der Waals surface area contributed by atoms with E-state index in [9.17, 15) is 18.4 Å². The summed E-state index contributed by atoms with van der Waals surface area (Å²) in [6, 6.07) is 4.75. The normalized spacial score (nSPS) is 12.2. The average Bonchev–Trinajstić information content (AvgIpc) is 3.05. The smallest absolute Gasteiger partial charge is 0.387 e. The molecule has 11 heteroatoms. The maximum absolute atomic E-state index is 12.6. The lowest BCUT2D eigenvalue weighted by atomic mass is 10.1. The number of benzene rings is 1. The molecule has 0 fully saturated rings. The molecule has 1 unspecified atom stereocenters. The number of amides is 1. The minimum Gasteiger partial charge on any atom is -0.493 e. The van der Waals surface area contributed by atoms with Gasteiger partial charge in [0.1, 0.15) is 10.7 Å². The number of alkyl halides is 2. The van der Waals surface area contributed by atoms with Crippen LogP contribution in [0.1, 0.15) is 28.8 Å². The molecule has 1 atom stereocenters. The number of H-pyrrole nitrogens is 1. The highest BCUT2D eigenvalue weighted by Crippen LogP contribution is 2.30. The Morgan fingerprint density at radius 3 is 2.76 bits per heavy atom. The van der Waals surface area contributed by atoms with E-state index >= 15 is 0 Å². The third kappa shape index (κ3) is 6.23. The molecule has 2 heterocycles. The molecule has 2 aromatic heterocycles. The van der Waals surface area contributed by atoms with Crippen LogP contribution in [0, 0.1) is 13.8 Å². The van der Waals surface area contributed by atoms with Gasteiger partial charge in [-0.1, -0.05) is 6.07 Å². The summed E-state index contributed by atoms with van der Waals surface area (Å²) in [6.45, 7) is 3.02. The Hall–Kier alpha value is -2.66. The van der Waals surface area contributed by atoms with Gasteiger partial charge >= 0.3 is 6.61 Å². The highest BCUT2D eigenvalue weighted by atomic mass is 32.2. The number of fused-ring (bicyclic) bond motifs is 1. The Bertz CT molecular complexity index is 1200. The van der Waals surface area contributed by atoms with Gasteiger partial charge in [-0.3, -0.25) is 9.59 Å². The first kappa shape index (κ1) is 25.0. The molecule has 0 aliphatic rings. The fraction of sp³-hybridized carbons (Fsp3) is 0.409. The second-order valence-corrected chi connectivity index (χ2v) is 9.87. The molecule has 3 aromatic rings. The minimum absolute atomic E-state index is 0.0464. The molecule has 2 N–H and O–H groups in total. The third-order valence-corrected chi connectivity index (χ3v) is 7.34. The molecule has 1 amide bonds. The maximum Gasteiger partial charge on any atom is 0.387 e. The summed E-state index contributed by atoms with van der Waals surface area (Å²) in [5, 5.41) is 3.09. The number of ether oxygens (including phenoxy) is 2. The molecule has 178 valence electrons. The summed E-state index contributed by atoms with van der Waals surface area (Å²) in [5.74, 6) is 0.926. The number of aromatic nitrogens is 2. The van der Waals surface area contributed by atoms with E-state index in [2.05, 4.69) is 20.0 Å². The van der Waals surface area contributed by atoms with Gasteiger partial charge in [-0.05, 0) is 50.5 Å². The maximum atomic E-state index is 12.6. The molecule has 0 saturated heterocycles. The van der Waals surface area contributed by atoms with Crippen molar-refractivity contribution < 1.29 is 23.0 Å². The molecule has 0 aliphatic carbocycles. The van der Waals surface area contributed by atoms with Crippen LogP contribution in [0.5, 0.6) is 11.5 Å². The van der Waals surface area contributed by atoms with Crippen molar-refractivity contribution in [2.24, 2.45) is 0 Å². The van der Waals surface area contributed by atoms with Crippen LogP contribution in [0.2, 0.25) is 0 Å². The van der Waals surface area contributed by atoms with Gasteiger partial charge in [-0.15, -0.1) is 23.1 Å². The van der Waals surface area contributed by atoms with Crippen LogP contribution >= 0.6 is 23.1 Å². The van der Waals surface area contributed by atoms with Crippen LogP contribution in [0.25, 0.3) is 10.2 Å². The number of aryl methyl sites for hydroxylation is 2. The molecular formula is C22H25F2N3O4S2. The summed E-state index contributed by atoms with van der Waals surface area (Å²) >= 11 is 2.85. The number of hydrogen-bond donors (Lipinski definition) is 2. The molecule has 3 rings (SSSR count). The van der Waals surface area contributed by atoms with Gasteiger partial charge in [0.05, 0.1) is 23.5 Å². The predicted molar refractivity (Wildman–Crippen MR) is 127 cm³/mol. The Labute approximate surface area is 197 Å². The summed E-state index contributed by atoms with van der Waals surface area (Å²) in [7, 11) is 1.37. The van der Waals surface area contributed by atoms with Crippen molar-refractivity contribution in [3.63, 3.8) is 0 Å². The van der Waals surface area contributed by atoms with Gasteiger partial charge in [0.25, 0.3) is 5.56 Å². The molecule has 7 nitrogen and oxygen atoms in total. The number of hydrogen-bond acceptors (Lipinski definition) is 7. The SMILES string of the molecule is COc1ccc(CCNC(=O)C(C)SCc2nc3sc(C)c(C)c3c(=O)[nH]2)cc1OC(F)F. The average molecular weight is 498 g/mol. The van der Waals surface area contributed by atoms with Crippen molar-refractivity contribution in [3.05, 3.63) is 50.4 Å². The zero-order chi connectivity index (χ0) is 24.1. The number of carbonyl (C=O) groups excluding carboxylic acids is 1. The number of aromatic amines is 1. The largest absolute Gasteiger partial charge is 0.493 e. The molecule has 0 bridgehead atoms. The first-order valence-electron chi connectivity index (χ1n) is 10.2. The van der Waals surface area contributed by atoms with Gasteiger partial charge in [-0.2, -0.15) is 8.78 Å². The molecular weight excluding hydrogens is 472 g/mol. The fourth-order valence-electron chi connectivity index (χ4n) is 3.19. The standard InChI is InChI=1S/C22H25F2N3O4S2/c1-11-12(2)33-21-18(11)20(29)26-17(27-21)10-32-13(3)19(28)25-8-7-14-5-6-15(30-4)16(9-14)31-22(23)24/h5-6,9,13,22H,7-8,10H2,1-4H3,(H,25,28)(H,26,27,29). The third-order valence-electron chi connectivity index (χ3n) is 5.08.